The lowest BCUT2D eigenvalue weighted by atomic mass is 9.88. The highest BCUT2D eigenvalue weighted by molar-refractivity contribution is 5.78. The Labute approximate surface area is 122 Å². The van der Waals surface area contributed by atoms with Crippen LogP contribution in [0, 0.1) is 11.8 Å². The zero-order valence-electron chi connectivity index (χ0n) is 11.9. The van der Waals surface area contributed by atoms with Crippen LogP contribution in [-0.2, 0) is 11.3 Å². The number of hydrogen-bond donors (Lipinski definition) is 2. The van der Waals surface area contributed by atoms with E-state index in [2.05, 4.69) is 20.8 Å². The molecule has 1 atom stereocenters. The molecule has 1 saturated heterocycles. The minimum Gasteiger partial charge on any atom is -0.347 e. The number of hydrogen-bond acceptors (Lipinski definition) is 5. The summed E-state index contributed by atoms with van der Waals surface area (Å²) < 4.78 is 5.16. The fraction of sp³-hybridized carbons (Fsp3) is 0.400. The number of carbonyl (C=O) groups excluding carboxylic acids is 1. The van der Waals surface area contributed by atoms with Gasteiger partial charge in [0.15, 0.2) is 0 Å². The van der Waals surface area contributed by atoms with Gasteiger partial charge >= 0.3 is 0 Å². The van der Waals surface area contributed by atoms with Crippen LogP contribution >= 0.6 is 0 Å². The Balaban J connectivity index is 1.56. The SMILES string of the molecule is CC(C(=O)NCc1nc(-c2ccccc2)no1)C1CNC1. The first-order valence-corrected chi connectivity index (χ1v) is 7.10. The van der Waals surface area contributed by atoms with E-state index in [1.165, 1.54) is 0 Å². The highest BCUT2D eigenvalue weighted by Crippen LogP contribution is 2.17. The van der Waals surface area contributed by atoms with Gasteiger partial charge in [0.2, 0.25) is 17.6 Å². The van der Waals surface area contributed by atoms with Crippen molar-refractivity contribution < 1.29 is 9.32 Å². The van der Waals surface area contributed by atoms with Crippen LogP contribution in [0.4, 0.5) is 0 Å². The van der Waals surface area contributed by atoms with Gasteiger partial charge in [-0.2, -0.15) is 4.98 Å². The Morgan fingerprint density at radius 2 is 2.19 bits per heavy atom. The largest absolute Gasteiger partial charge is 0.347 e. The Bertz CT molecular complexity index is 607. The summed E-state index contributed by atoms with van der Waals surface area (Å²) in [6.45, 7) is 4.04. The van der Waals surface area contributed by atoms with Gasteiger partial charge in [-0.25, -0.2) is 0 Å². The zero-order chi connectivity index (χ0) is 14.7. The highest BCUT2D eigenvalue weighted by Gasteiger charge is 2.28. The van der Waals surface area contributed by atoms with Gasteiger partial charge in [0.25, 0.3) is 0 Å². The molecule has 1 amide bonds. The summed E-state index contributed by atoms with van der Waals surface area (Å²) >= 11 is 0. The molecule has 6 nitrogen and oxygen atoms in total. The molecule has 6 heteroatoms. The van der Waals surface area contributed by atoms with Crippen LogP contribution in [0.15, 0.2) is 34.9 Å². The van der Waals surface area contributed by atoms with Crippen molar-refractivity contribution in [2.75, 3.05) is 13.1 Å². The van der Waals surface area contributed by atoms with Crippen LogP contribution in [0.2, 0.25) is 0 Å². The Morgan fingerprint density at radius 3 is 2.86 bits per heavy atom. The van der Waals surface area contributed by atoms with Crippen molar-refractivity contribution in [2.45, 2.75) is 13.5 Å². The number of nitrogens with one attached hydrogen (secondary N) is 2. The molecule has 1 aromatic heterocycles. The summed E-state index contributed by atoms with van der Waals surface area (Å²) in [5.74, 6) is 1.41. The van der Waals surface area contributed by atoms with Crippen molar-refractivity contribution in [3.8, 4) is 11.4 Å². The summed E-state index contributed by atoms with van der Waals surface area (Å²) in [4.78, 5) is 16.3. The number of aromatic nitrogens is 2. The van der Waals surface area contributed by atoms with Crippen LogP contribution in [0.3, 0.4) is 0 Å². The van der Waals surface area contributed by atoms with E-state index < -0.39 is 0 Å². The van der Waals surface area contributed by atoms with Crippen molar-refractivity contribution in [3.05, 3.63) is 36.2 Å². The zero-order valence-corrected chi connectivity index (χ0v) is 11.9. The molecule has 0 bridgehead atoms. The number of carbonyl (C=O) groups is 1. The van der Waals surface area contributed by atoms with Gasteiger partial charge in [0.05, 0.1) is 6.54 Å². The Kier molecular flexibility index (Phi) is 3.96. The van der Waals surface area contributed by atoms with E-state index >= 15 is 0 Å². The van der Waals surface area contributed by atoms with Gasteiger partial charge in [-0.1, -0.05) is 42.4 Å². The Hall–Kier alpha value is -2.21. The van der Waals surface area contributed by atoms with Crippen LogP contribution < -0.4 is 10.6 Å². The lowest BCUT2D eigenvalue weighted by molar-refractivity contribution is -0.127. The second-order valence-corrected chi connectivity index (χ2v) is 5.30. The molecule has 2 aromatic rings. The minimum atomic E-state index is 0.00256. The molecule has 1 aliphatic heterocycles. The highest BCUT2D eigenvalue weighted by atomic mass is 16.5. The summed E-state index contributed by atoms with van der Waals surface area (Å²) in [5, 5.41) is 9.95. The first kappa shape index (κ1) is 13.8. The maximum Gasteiger partial charge on any atom is 0.246 e. The average molecular weight is 286 g/mol. The fourth-order valence-electron chi connectivity index (χ4n) is 2.23. The second kappa shape index (κ2) is 6.05. The molecule has 2 heterocycles. The maximum absolute atomic E-state index is 12.0. The van der Waals surface area contributed by atoms with Crippen molar-refractivity contribution >= 4 is 5.91 Å². The van der Waals surface area contributed by atoms with E-state index in [1.54, 1.807) is 0 Å². The van der Waals surface area contributed by atoms with Crippen molar-refractivity contribution in [1.82, 2.24) is 20.8 Å². The van der Waals surface area contributed by atoms with Crippen molar-refractivity contribution in [2.24, 2.45) is 11.8 Å². The number of rotatable bonds is 5. The van der Waals surface area contributed by atoms with Gasteiger partial charge in [0.1, 0.15) is 0 Å². The molecular weight excluding hydrogens is 268 g/mol. The molecule has 1 aliphatic rings. The summed E-state index contributed by atoms with van der Waals surface area (Å²) in [5.41, 5.74) is 0.896. The van der Waals surface area contributed by atoms with Crippen molar-refractivity contribution in [3.63, 3.8) is 0 Å². The molecule has 1 fully saturated rings. The topological polar surface area (TPSA) is 80.1 Å². The van der Waals surface area contributed by atoms with Crippen LogP contribution in [0.1, 0.15) is 12.8 Å². The van der Waals surface area contributed by atoms with Crippen LogP contribution in [0.5, 0.6) is 0 Å². The fourth-order valence-corrected chi connectivity index (χ4v) is 2.23. The third-order valence-electron chi connectivity index (χ3n) is 3.85. The monoisotopic (exact) mass is 286 g/mol. The first-order valence-electron chi connectivity index (χ1n) is 7.10. The third-order valence-corrected chi connectivity index (χ3v) is 3.85. The van der Waals surface area contributed by atoms with Gasteiger partial charge in [-0.3, -0.25) is 4.79 Å². The summed E-state index contributed by atoms with van der Waals surface area (Å²) in [6, 6.07) is 9.60. The number of amides is 1. The van der Waals surface area contributed by atoms with E-state index in [0.717, 1.165) is 18.7 Å². The third kappa shape index (κ3) is 3.11. The van der Waals surface area contributed by atoms with Crippen molar-refractivity contribution in [1.29, 1.82) is 0 Å². The predicted molar refractivity (Wildman–Crippen MR) is 77.1 cm³/mol. The van der Waals surface area contributed by atoms with E-state index in [0.29, 0.717) is 17.6 Å². The lowest BCUT2D eigenvalue weighted by Gasteiger charge is -2.31. The van der Waals surface area contributed by atoms with E-state index in [1.807, 2.05) is 37.3 Å². The molecular formula is C15H18N4O2. The van der Waals surface area contributed by atoms with Crippen LogP contribution in [-0.4, -0.2) is 29.1 Å². The van der Waals surface area contributed by atoms with Gasteiger partial charge < -0.3 is 15.2 Å². The molecule has 0 saturated carbocycles. The molecule has 0 radical (unpaired) electrons. The molecule has 3 rings (SSSR count). The van der Waals surface area contributed by atoms with Gasteiger partial charge in [0, 0.05) is 11.5 Å². The first-order chi connectivity index (χ1) is 10.2. The number of nitrogens with zero attached hydrogens (tertiary/aromatic N) is 2. The van der Waals surface area contributed by atoms with E-state index in [-0.39, 0.29) is 18.4 Å². The molecule has 0 spiro atoms. The summed E-state index contributed by atoms with van der Waals surface area (Å²) in [6.07, 6.45) is 0. The van der Waals surface area contributed by atoms with Gasteiger partial charge in [-0.15, -0.1) is 0 Å². The average Bonchev–Trinajstić information content (AvgIpc) is 2.92. The molecule has 2 N–H and O–H groups in total. The molecule has 21 heavy (non-hydrogen) atoms. The van der Waals surface area contributed by atoms with Crippen LogP contribution in [0.25, 0.3) is 11.4 Å². The molecule has 1 aromatic carbocycles. The lowest BCUT2D eigenvalue weighted by Crippen LogP contribution is -2.49. The number of benzene rings is 1. The summed E-state index contributed by atoms with van der Waals surface area (Å²) in [7, 11) is 0. The minimum absolute atomic E-state index is 0.00256. The Morgan fingerprint density at radius 1 is 1.43 bits per heavy atom. The predicted octanol–water partition coefficient (Wildman–Crippen LogP) is 1.21. The van der Waals surface area contributed by atoms with E-state index in [9.17, 15) is 4.79 Å². The second-order valence-electron chi connectivity index (χ2n) is 5.30. The van der Waals surface area contributed by atoms with Gasteiger partial charge in [-0.05, 0) is 19.0 Å². The normalized spacial score (nSPS) is 16.2. The smallest absolute Gasteiger partial charge is 0.246 e. The standard InChI is InChI=1S/C15H18N4O2/c1-10(12-7-16-8-12)15(20)17-9-13-18-14(19-21-13)11-5-3-2-4-6-11/h2-6,10,12,16H,7-9H2,1H3,(H,17,20). The maximum atomic E-state index is 12.0. The molecule has 0 aliphatic carbocycles. The molecule has 1 unspecified atom stereocenters. The molecule has 110 valence electrons. The quantitative estimate of drug-likeness (QED) is 0.863. The van der Waals surface area contributed by atoms with E-state index in [4.69, 9.17) is 4.52 Å².